The van der Waals surface area contributed by atoms with Crippen LogP contribution in [0.15, 0.2) is 11.6 Å². The highest BCUT2D eigenvalue weighted by atomic mass is 16.5. The lowest BCUT2D eigenvalue weighted by Gasteiger charge is -2.22. The van der Waals surface area contributed by atoms with Crippen molar-refractivity contribution in [2.75, 3.05) is 26.3 Å². The van der Waals surface area contributed by atoms with Gasteiger partial charge in [0.25, 0.3) is 0 Å². The smallest absolute Gasteiger partial charge is 0.239 e. The minimum atomic E-state index is -0.186. The van der Waals surface area contributed by atoms with E-state index in [0.29, 0.717) is 19.8 Å². The Morgan fingerprint density at radius 1 is 1.64 bits per heavy atom. The number of rotatable bonds is 3. The highest BCUT2D eigenvalue weighted by molar-refractivity contribution is 5.82. The van der Waals surface area contributed by atoms with Crippen LogP contribution >= 0.6 is 0 Å². The summed E-state index contributed by atoms with van der Waals surface area (Å²) in [5.74, 6) is 0.0159. The largest absolute Gasteiger partial charge is 0.378 e. The van der Waals surface area contributed by atoms with Gasteiger partial charge < -0.3 is 15.4 Å². The second-order valence-electron chi connectivity index (χ2n) is 3.61. The summed E-state index contributed by atoms with van der Waals surface area (Å²) in [4.78, 5) is 11.5. The Kier molecular flexibility index (Phi) is 4.62. The zero-order valence-electron chi connectivity index (χ0n) is 8.80. The Bertz CT molecular complexity index is 216. The lowest BCUT2D eigenvalue weighted by Crippen LogP contribution is -2.51. The topological polar surface area (TPSA) is 50.4 Å². The highest BCUT2D eigenvalue weighted by Gasteiger charge is 2.19. The maximum Gasteiger partial charge on any atom is 0.239 e. The van der Waals surface area contributed by atoms with Gasteiger partial charge in [-0.25, -0.2) is 0 Å². The lowest BCUT2D eigenvalue weighted by atomic mass is 10.2. The summed E-state index contributed by atoms with van der Waals surface area (Å²) in [7, 11) is 0. The monoisotopic (exact) mass is 198 g/mol. The van der Waals surface area contributed by atoms with Gasteiger partial charge in [-0.1, -0.05) is 11.6 Å². The summed E-state index contributed by atoms with van der Waals surface area (Å²) in [5.41, 5.74) is 1.21. The molecule has 0 aromatic heterocycles. The molecule has 1 atom stereocenters. The number of ether oxygens (including phenoxy) is 1. The fourth-order valence-corrected chi connectivity index (χ4v) is 1.21. The summed E-state index contributed by atoms with van der Waals surface area (Å²) >= 11 is 0. The molecule has 0 aliphatic carbocycles. The molecule has 1 unspecified atom stereocenters. The van der Waals surface area contributed by atoms with Crippen LogP contribution < -0.4 is 10.6 Å². The number of allylic oxidation sites excluding steroid dienone is 1. The van der Waals surface area contributed by atoms with Gasteiger partial charge in [0.05, 0.1) is 13.2 Å². The third-order valence-electron chi connectivity index (χ3n) is 2.02. The van der Waals surface area contributed by atoms with Gasteiger partial charge in [-0.15, -0.1) is 0 Å². The molecule has 0 bridgehead atoms. The van der Waals surface area contributed by atoms with Crippen molar-refractivity contribution >= 4 is 5.91 Å². The molecule has 0 radical (unpaired) electrons. The molecule has 1 aliphatic heterocycles. The minimum absolute atomic E-state index is 0.0159. The van der Waals surface area contributed by atoms with Crippen molar-refractivity contribution in [3.8, 4) is 0 Å². The predicted molar refractivity (Wildman–Crippen MR) is 55.1 cm³/mol. The van der Waals surface area contributed by atoms with Gasteiger partial charge in [0.2, 0.25) is 5.91 Å². The number of carbonyl (C=O) groups is 1. The quantitative estimate of drug-likeness (QED) is 0.630. The standard InChI is InChI=1S/C10H18N2O2/c1-8(2)3-4-12-10(13)9-7-14-6-5-11-9/h3,9,11H,4-7H2,1-2H3,(H,12,13). The lowest BCUT2D eigenvalue weighted by molar-refractivity contribution is -0.125. The fourth-order valence-electron chi connectivity index (χ4n) is 1.21. The molecular weight excluding hydrogens is 180 g/mol. The third-order valence-corrected chi connectivity index (χ3v) is 2.02. The van der Waals surface area contributed by atoms with Crippen molar-refractivity contribution in [3.05, 3.63) is 11.6 Å². The van der Waals surface area contributed by atoms with E-state index >= 15 is 0 Å². The number of hydrogen-bond donors (Lipinski definition) is 2. The Balaban J connectivity index is 2.23. The first-order chi connectivity index (χ1) is 6.70. The third kappa shape index (κ3) is 3.89. The molecule has 1 rings (SSSR count). The Hall–Kier alpha value is -0.870. The number of morpholine rings is 1. The van der Waals surface area contributed by atoms with Crippen LogP contribution in [0.5, 0.6) is 0 Å². The van der Waals surface area contributed by atoms with Crippen molar-refractivity contribution in [1.82, 2.24) is 10.6 Å². The molecule has 1 aliphatic rings. The van der Waals surface area contributed by atoms with E-state index in [1.807, 2.05) is 19.9 Å². The molecule has 4 heteroatoms. The van der Waals surface area contributed by atoms with E-state index in [1.54, 1.807) is 0 Å². The first-order valence-electron chi connectivity index (χ1n) is 4.92. The van der Waals surface area contributed by atoms with Crippen LogP contribution in [0.3, 0.4) is 0 Å². The molecule has 0 spiro atoms. The SMILES string of the molecule is CC(C)=CCNC(=O)C1COCCN1. The van der Waals surface area contributed by atoms with E-state index in [-0.39, 0.29) is 11.9 Å². The second kappa shape index (κ2) is 5.78. The van der Waals surface area contributed by atoms with Crippen molar-refractivity contribution < 1.29 is 9.53 Å². The summed E-state index contributed by atoms with van der Waals surface area (Å²) in [5, 5.41) is 5.93. The molecule has 14 heavy (non-hydrogen) atoms. The van der Waals surface area contributed by atoms with E-state index in [0.717, 1.165) is 6.54 Å². The first kappa shape index (κ1) is 11.2. The zero-order valence-corrected chi connectivity index (χ0v) is 8.80. The van der Waals surface area contributed by atoms with Crippen molar-refractivity contribution in [3.63, 3.8) is 0 Å². The molecule has 0 saturated carbocycles. The van der Waals surface area contributed by atoms with Crippen molar-refractivity contribution in [1.29, 1.82) is 0 Å². The van der Waals surface area contributed by atoms with Crippen LogP contribution in [-0.2, 0) is 9.53 Å². The summed E-state index contributed by atoms with van der Waals surface area (Å²) in [6, 6.07) is -0.186. The molecule has 1 saturated heterocycles. The van der Waals surface area contributed by atoms with E-state index in [9.17, 15) is 4.79 Å². The number of hydrogen-bond acceptors (Lipinski definition) is 3. The van der Waals surface area contributed by atoms with Crippen LogP contribution in [-0.4, -0.2) is 38.3 Å². The summed E-state index contributed by atoms with van der Waals surface area (Å²) < 4.78 is 5.19. The van der Waals surface area contributed by atoms with Gasteiger partial charge in [0.15, 0.2) is 0 Å². The van der Waals surface area contributed by atoms with E-state index in [1.165, 1.54) is 5.57 Å². The van der Waals surface area contributed by atoms with Gasteiger partial charge in [-0.05, 0) is 13.8 Å². The molecule has 0 aromatic carbocycles. The normalized spacial score (nSPS) is 21.4. The van der Waals surface area contributed by atoms with Gasteiger partial charge in [0, 0.05) is 13.1 Å². The highest BCUT2D eigenvalue weighted by Crippen LogP contribution is 1.93. The molecule has 0 aromatic rings. The number of nitrogens with one attached hydrogen (secondary N) is 2. The van der Waals surface area contributed by atoms with E-state index in [2.05, 4.69) is 10.6 Å². The van der Waals surface area contributed by atoms with Crippen molar-refractivity contribution in [2.24, 2.45) is 0 Å². The maximum atomic E-state index is 11.5. The molecule has 80 valence electrons. The molecule has 1 heterocycles. The second-order valence-corrected chi connectivity index (χ2v) is 3.61. The summed E-state index contributed by atoms with van der Waals surface area (Å²) in [6.45, 7) is 6.53. The molecule has 2 N–H and O–H groups in total. The molecule has 1 amide bonds. The average Bonchev–Trinajstić information content (AvgIpc) is 2.18. The Morgan fingerprint density at radius 2 is 2.43 bits per heavy atom. The van der Waals surface area contributed by atoms with Crippen LogP contribution in [0, 0.1) is 0 Å². The van der Waals surface area contributed by atoms with Gasteiger partial charge >= 0.3 is 0 Å². The Labute approximate surface area is 84.7 Å². The zero-order chi connectivity index (χ0) is 10.4. The Morgan fingerprint density at radius 3 is 3.00 bits per heavy atom. The first-order valence-corrected chi connectivity index (χ1v) is 4.92. The molecule has 1 fully saturated rings. The van der Waals surface area contributed by atoms with Crippen LogP contribution in [0.25, 0.3) is 0 Å². The van der Waals surface area contributed by atoms with E-state index < -0.39 is 0 Å². The van der Waals surface area contributed by atoms with Crippen LogP contribution in [0.2, 0.25) is 0 Å². The van der Waals surface area contributed by atoms with Gasteiger partial charge in [0.1, 0.15) is 6.04 Å². The van der Waals surface area contributed by atoms with Crippen LogP contribution in [0.4, 0.5) is 0 Å². The maximum absolute atomic E-state index is 11.5. The fraction of sp³-hybridized carbons (Fsp3) is 0.700. The van der Waals surface area contributed by atoms with E-state index in [4.69, 9.17) is 4.74 Å². The predicted octanol–water partition coefficient (Wildman–Crippen LogP) is 0.0572. The number of carbonyl (C=O) groups excluding carboxylic acids is 1. The average molecular weight is 198 g/mol. The van der Waals surface area contributed by atoms with Gasteiger partial charge in [-0.3, -0.25) is 4.79 Å². The molecule has 4 nitrogen and oxygen atoms in total. The molecular formula is C10H18N2O2. The van der Waals surface area contributed by atoms with Crippen LogP contribution in [0.1, 0.15) is 13.8 Å². The van der Waals surface area contributed by atoms with Crippen molar-refractivity contribution in [2.45, 2.75) is 19.9 Å². The minimum Gasteiger partial charge on any atom is -0.378 e. The summed E-state index contributed by atoms with van der Waals surface area (Å²) in [6.07, 6.45) is 1.99. The number of amides is 1. The van der Waals surface area contributed by atoms with Gasteiger partial charge in [-0.2, -0.15) is 0 Å².